The Kier molecular flexibility index (Phi) is 3.61. The quantitative estimate of drug-likeness (QED) is 0.832. The first-order valence-corrected chi connectivity index (χ1v) is 7.88. The Bertz CT molecular complexity index is 469. The van der Waals surface area contributed by atoms with Gasteiger partial charge in [0.2, 0.25) is 0 Å². The molecule has 0 spiro atoms. The first kappa shape index (κ1) is 12.1. The van der Waals surface area contributed by atoms with Crippen LogP contribution in [0.3, 0.4) is 0 Å². The van der Waals surface area contributed by atoms with Gasteiger partial charge in [-0.3, -0.25) is 9.79 Å². The number of likely N-dealkylation sites (tertiary alicyclic amines) is 1. The largest absolute Gasteiger partial charge is 0.336 e. The SMILES string of the molecule is O=C(c1ccccc1)N1CC(SC2=NCCS2)C1. The second-order valence-electron chi connectivity index (χ2n) is 4.31. The van der Waals surface area contributed by atoms with E-state index in [1.807, 2.05) is 58.8 Å². The van der Waals surface area contributed by atoms with Crippen LogP contribution in [0.4, 0.5) is 0 Å². The average molecular weight is 278 g/mol. The summed E-state index contributed by atoms with van der Waals surface area (Å²) in [6, 6.07) is 9.49. The van der Waals surface area contributed by atoms with E-state index >= 15 is 0 Å². The van der Waals surface area contributed by atoms with Gasteiger partial charge in [0.15, 0.2) is 0 Å². The molecule has 0 bridgehead atoms. The molecule has 0 saturated carbocycles. The molecule has 0 unspecified atom stereocenters. The molecule has 1 amide bonds. The standard InChI is InChI=1S/C13H14N2OS2/c16-12(10-4-2-1-3-5-10)15-8-11(9-15)18-13-14-6-7-17-13/h1-5,11H,6-9H2. The number of hydrogen-bond acceptors (Lipinski definition) is 4. The fourth-order valence-corrected chi connectivity index (χ4v) is 4.40. The van der Waals surface area contributed by atoms with Crippen molar-refractivity contribution in [3.05, 3.63) is 35.9 Å². The van der Waals surface area contributed by atoms with Gasteiger partial charge in [0.1, 0.15) is 4.38 Å². The fourth-order valence-electron chi connectivity index (χ4n) is 1.97. The monoisotopic (exact) mass is 278 g/mol. The summed E-state index contributed by atoms with van der Waals surface area (Å²) in [4.78, 5) is 18.4. The molecular weight excluding hydrogens is 264 g/mol. The zero-order chi connectivity index (χ0) is 12.4. The maximum absolute atomic E-state index is 12.1. The molecule has 3 rings (SSSR count). The van der Waals surface area contributed by atoms with Crippen LogP contribution in [-0.4, -0.2) is 45.8 Å². The smallest absolute Gasteiger partial charge is 0.253 e. The Morgan fingerprint density at radius 2 is 2.11 bits per heavy atom. The molecule has 5 heteroatoms. The van der Waals surface area contributed by atoms with Gasteiger partial charge in [-0.05, 0) is 12.1 Å². The molecule has 2 heterocycles. The van der Waals surface area contributed by atoms with Crippen LogP contribution in [0.25, 0.3) is 0 Å². The zero-order valence-electron chi connectivity index (χ0n) is 9.91. The second-order valence-corrected chi connectivity index (χ2v) is 6.94. The summed E-state index contributed by atoms with van der Waals surface area (Å²) in [5.74, 6) is 1.26. The number of aliphatic imine (C=N–C) groups is 1. The lowest BCUT2D eigenvalue weighted by atomic mass is 10.1. The van der Waals surface area contributed by atoms with Gasteiger partial charge < -0.3 is 4.90 Å². The summed E-state index contributed by atoms with van der Waals surface area (Å²) in [6.45, 7) is 2.64. The normalized spacial score (nSPS) is 19.6. The first-order chi connectivity index (χ1) is 8.83. The fraction of sp³-hybridized carbons (Fsp3) is 0.385. The van der Waals surface area contributed by atoms with Gasteiger partial charge in [-0.25, -0.2) is 0 Å². The summed E-state index contributed by atoms with van der Waals surface area (Å²) in [5, 5.41) is 0.530. The van der Waals surface area contributed by atoms with Crippen LogP contribution < -0.4 is 0 Å². The van der Waals surface area contributed by atoms with Crippen LogP contribution in [0.1, 0.15) is 10.4 Å². The summed E-state index contributed by atoms with van der Waals surface area (Å²) in [7, 11) is 0. The van der Waals surface area contributed by atoms with Crippen molar-refractivity contribution in [2.45, 2.75) is 5.25 Å². The highest BCUT2D eigenvalue weighted by atomic mass is 32.2. The summed E-state index contributed by atoms with van der Waals surface area (Å²) >= 11 is 3.66. The Balaban J connectivity index is 1.51. The molecule has 0 aliphatic carbocycles. The van der Waals surface area contributed by atoms with E-state index in [2.05, 4.69) is 4.99 Å². The Labute approximate surface area is 115 Å². The molecule has 1 saturated heterocycles. The van der Waals surface area contributed by atoms with Gasteiger partial charge in [0, 0.05) is 29.7 Å². The predicted octanol–water partition coefficient (Wildman–Crippen LogP) is 2.35. The highest BCUT2D eigenvalue weighted by molar-refractivity contribution is 8.39. The van der Waals surface area contributed by atoms with Crippen LogP contribution >= 0.6 is 23.5 Å². The molecule has 0 N–H and O–H groups in total. The maximum atomic E-state index is 12.1. The minimum atomic E-state index is 0.147. The van der Waals surface area contributed by atoms with E-state index in [0.717, 1.165) is 31.0 Å². The molecule has 0 aromatic heterocycles. The van der Waals surface area contributed by atoms with Gasteiger partial charge in [0.05, 0.1) is 6.54 Å². The topological polar surface area (TPSA) is 32.7 Å². The van der Waals surface area contributed by atoms with Crippen LogP contribution in [0.5, 0.6) is 0 Å². The summed E-state index contributed by atoms with van der Waals surface area (Å²) < 4.78 is 1.20. The molecule has 1 aromatic rings. The molecule has 18 heavy (non-hydrogen) atoms. The molecule has 0 atom stereocenters. The molecule has 2 aliphatic heterocycles. The third-order valence-corrected chi connectivity index (χ3v) is 5.35. The Morgan fingerprint density at radius 1 is 1.33 bits per heavy atom. The van der Waals surface area contributed by atoms with Gasteiger partial charge in [0.25, 0.3) is 5.91 Å². The zero-order valence-corrected chi connectivity index (χ0v) is 11.5. The van der Waals surface area contributed by atoms with E-state index in [-0.39, 0.29) is 5.91 Å². The third kappa shape index (κ3) is 2.57. The van der Waals surface area contributed by atoms with Crippen LogP contribution in [0.2, 0.25) is 0 Å². The maximum Gasteiger partial charge on any atom is 0.253 e. The van der Waals surface area contributed by atoms with Crippen molar-refractivity contribution < 1.29 is 4.79 Å². The number of hydrogen-bond donors (Lipinski definition) is 0. The van der Waals surface area contributed by atoms with Gasteiger partial charge in [-0.1, -0.05) is 41.7 Å². The van der Waals surface area contributed by atoms with Gasteiger partial charge >= 0.3 is 0 Å². The first-order valence-electron chi connectivity index (χ1n) is 6.01. The van der Waals surface area contributed by atoms with E-state index in [0.29, 0.717) is 5.25 Å². The number of thioether (sulfide) groups is 2. The van der Waals surface area contributed by atoms with Crippen molar-refractivity contribution >= 4 is 33.8 Å². The molecule has 1 aromatic carbocycles. The molecule has 3 nitrogen and oxygen atoms in total. The number of carbonyl (C=O) groups is 1. The van der Waals surface area contributed by atoms with Crippen molar-refractivity contribution in [2.24, 2.45) is 4.99 Å². The van der Waals surface area contributed by atoms with Gasteiger partial charge in [-0.2, -0.15) is 0 Å². The van der Waals surface area contributed by atoms with Crippen LogP contribution in [0.15, 0.2) is 35.3 Å². The lowest BCUT2D eigenvalue weighted by Crippen LogP contribution is -2.52. The predicted molar refractivity (Wildman–Crippen MR) is 78.5 cm³/mol. The van der Waals surface area contributed by atoms with Crippen molar-refractivity contribution in [3.63, 3.8) is 0 Å². The molecule has 94 valence electrons. The molecule has 1 fully saturated rings. The van der Waals surface area contributed by atoms with E-state index < -0.39 is 0 Å². The number of nitrogens with zero attached hydrogens (tertiary/aromatic N) is 2. The van der Waals surface area contributed by atoms with E-state index in [9.17, 15) is 4.79 Å². The Morgan fingerprint density at radius 3 is 2.78 bits per heavy atom. The van der Waals surface area contributed by atoms with E-state index in [1.165, 1.54) is 4.38 Å². The summed E-state index contributed by atoms with van der Waals surface area (Å²) in [5.41, 5.74) is 0.786. The molecule has 2 aliphatic rings. The van der Waals surface area contributed by atoms with Crippen molar-refractivity contribution in [1.29, 1.82) is 0 Å². The highest BCUT2D eigenvalue weighted by Crippen LogP contribution is 2.31. The number of benzene rings is 1. The van der Waals surface area contributed by atoms with E-state index in [4.69, 9.17) is 0 Å². The molecule has 0 radical (unpaired) electrons. The number of amides is 1. The minimum Gasteiger partial charge on any atom is -0.336 e. The van der Waals surface area contributed by atoms with Crippen molar-refractivity contribution in [2.75, 3.05) is 25.4 Å². The highest BCUT2D eigenvalue weighted by Gasteiger charge is 2.33. The van der Waals surface area contributed by atoms with Crippen LogP contribution in [0, 0.1) is 0 Å². The average Bonchev–Trinajstić information content (AvgIpc) is 2.86. The van der Waals surface area contributed by atoms with Crippen molar-refractivity contribution in [1.82, 2.24) is 4.90 Å². The van der Waals surface area contributed by atoms with Crippen molar-refractivity contribution in [3.8, 4) is 0 Å². The summed E-state index contributed by atoms with van der Waals surface area (Å²) in [6.07, 6.45) is 0. The number of rotatable bonds is 2. The van der Waals surface area contributed by atoms with Crippen LogP contribution in [-0.2, 0) is 0 Å². The van der Waals surface area contributed by atoms with E-state index in [1.54, 1.807) is 0 Å². The Hall–Kier alpha value is -0.940. The lowest BCUT2D eigenvalue weighted by molar-refractivity contribution is 0.0664. The second kappa shape index (κ2) is 5.36. The lowest BCUT2D eigenvalue weighted by Gasteiger charge is -2.38. The molecular formula is C13H14N2OS2. The minimum absolute atomic E-state index is 0.147. The number of carbonyl (C=O) groups excluding carboxylic acids is 1. The third-order valence-electron chi connectivity index (χ3n) is 2.98. The van der Waals surface area contributed by atoms with Gasteiger partial charge in [-0.15, -0.1) is 0 Å².